The first-order valence-corrected chi connectivity index (χ1v) is 6.07. The molecule has 0 bridgehead atoms. The van der Waals surface area contributed by atoms with Crippen LogP contribution in [0.5, 0.6) is 0 Å². The van der Waals surface area contributed by atoms with E-state index in [0.29, 0.717) is 0 Å². The molecule has 5 heteroatoms. The molecule has 1 N–H and O–H groups in total. The van der Waals surface area contributed by atoms with Crippen molar-refractivity contribution < 1.29 is 9.90 Å². The van der Waals surface area contributed by atoms with Crippen LogP contribution in [0.15, 0.2) is 24.3 Å². The van der Waals surface area contributed by atoms with Crippen LogP contribution in [0, 0.1) is 0 Å². The van der Waals surface area contributed by atoms with Crippen molar-refractivity contribution in [1.82, 2.24) is 4.98 Å². The topological polar surface area (TPSA) is 53.4 Å². The van der Waals surface area contributed by atoms with Gasteiger partial charge in [0.25, 0.3) is 0 Å². The van der Waals surface area contributed by atoms with Crippen LogP contribution in [0.25, 0.3) is 10.2 Å². The summed E-state index contributed by atoms with van der Waals surface area (Å²) in [4.78, 5) is 17.3. The molecule has 0 fully saturated rings. The van der Waals surface area contributed by atoms with E-state index in [9.17, 15) is 9.90 Å². The number of rotatable bonds is 3. The number of aromatic nitrogens is 1. The molecule has 0 aliphatic heterocycles. The normalized spacial score (nSPS) is 11.7. The highest BCUT2D eigenvalue weighted by molar-refractivity contribution is 7.22. The molecule has 4 nitrogen and oxygen atoms in total. The fourth-order valence-corrected chi connectivity index (χ4v) is 2.46. The van der Waals surface area contributed by atoms with Gasteiger partial charge in [-0.1, -0.05) is 23.5 Å². The second-order valence-electron chi connectivity index (χ2n) is 4.39. The highest BCUT2D eigenvalue weighted by atomic mass is 32.1. The molecule has 0 saturated heterocycles. The van der Waals surface area contributed by atoms with Crippen molar-refractivity contribution in [2.24, 2.45) is 0 Å². The van der Waals surface area contributed by atoms with Crippen molar-refractivity contribution >= 4 is 32.7 Å². The average Bonchev–Trinajstić information content (AvgIpc) is 2.70. The van der Waals surface area contributed by atoms with Gasteiger partial charge in [0.15, 0.2) is 5.13 Å². The smallest absolute Gasteiger partial charge is 0.329 e. The van der Waals surface area contributed by atoms with Crippen LogP contribution in [-0.4, -0.2) is 28.6 Å². The third-order valence-electron chi connectivity index (χ3n) is 2.93. The van der Waals surface area contributed by atoms with E-state index in [-0.39, 0.29) is 0 Å². The van der Waals surface area contributed by atoms with Gasteiger partial charge >= 0.3 is 5.97 Å². The highest BCUT2D eigenvalue weighted by Gasteiger charge is 2.33. The molecule has 1 heterocycles. The van der Waals surface area contributed by atoms with Crippen molar-refractivity contribution in [2.45, 2.75) is 19.4 Å². The molecule has 17 heavy (non-hydrogen) atoms. The van der Waals surface area contributed by atoms with Crippen LogP contribution < -0.4 is 4.90 Å². The van der Waals surface area contributed by atoms with Gasteiger partial charge in [-0.25, -0.2) is 9.78 Å². The van der Waals surface area contributed by atoms with E-state index in [1.807, 2.05) is 24.3 Å². The molecule has 1 aromatic carbocycles. The van der Waals surface area contributed by atoms with Crippen LogP contribution in [0.1, 0.15) is 13.8 Å². The lowest BCUT2D eigenvalue weighted by Gasteiger charge is -2.30. The Hall–Kier alpha value is -1.62. The van der Waals surface area contributed by atoms with Gasteiger partial charge in [-0.05, 0) is 26.0 Å². The number of benzene rings is 1. The van der Waals surface area contributed by atoms with E-state index < -0.39 is 11.5 Å². The van der Waals surface area contributed by atoms with E-state index in [2.05, 4.69) is 4.98 Å². The first kappa shape index (κ1) is 11.9. The standard InChI is InChI=1S/C12H14N2O2S/c1-12(2,10(15)16)14(3)11-13-8-6-4-5-7-9(8)17-11/h4-7H,1-3H3,(H,15,16). The number of likely N-dealkylation sites (N-methyl/N-ethyl adjacent to an activating group) is 1. The summed E-state index contributed by atoms with van der Waals surface area (Å²) in [5, 5.41) is 9.90. The number of nitrogens with zero attached hydrogens (tertiary/aromatic N) is 2. The molecule has 1 aromatic heterocycles. The van der Waals surface area contributed by atoms with E-state index in [4.69, 9.17) is 0 Å². The molecule has 0 unspecified atom stereocenters. The zero-order chi connectivity index (χ0) is 12.6. The lowest BCUT2D eigenvalue weighted by atomic mass is 10.1. The second kappa shape index (κ2) is 4.00. The van der Waals surface area contributed by atoms with Gasteiger partial charge in [0.05, 0.1) is 10.2 Å². The summed E-state index contributed by atoms with van der Waals surface area (Å²) in [6.07, 6.45) is 0. The van der Waals surface area contributed by atoms with Crippen LogP contribution in [0.4, 0.5) is 5.13 Å². The van der Waals surface area contributed by atoms with E-state index in [1.54, 1.807) is 25.8 Å². The molecule has 2 aromatic rings. The Morgan fingerprint density at radius 2 is 2.06 bits per heavy atom. The minimum atomic E-state index is -0.964. The number of anilines is 1. The van der Waals surface area contributed by atoms with Gasteiger partial charge in [0.1, 0.15) is 5.54 Å². The quantitative estimate of drug-likeness (QED) is 0.909. The first-order chi connectivity index (χ1) is 7.93. The number of hydrogen-bond acceptors (Lipinski definition) is 4. The lowest BCUT2D eigenvalue weighted by Crippen LogP contribution is -2.48. The molecule has 2 rings (SSSR count). The van der Waals surface area contributed by atoms with E-state index in [1.165, 1.54) is 11.3 Å². The zero-order valence-corrected chi connectivity index (χ0v) is 10.8. The molecular formula is C12H14N2O2S. The molecule has 0 saturated carbocycles. The van der Waals surface area contributed by atoms with Crippen molar-refractivity contribution in [3.05, 3.63) is 24.3 Å². The predicted octanol–water partition coefficient (Wildman–Crippen LogP) is 2.60. The molecule has 0 amide bonds. The lowest BCUT2D eigenvalue weighted by molar-refractivity contribution is -0.142. The van der Waals surface area contributed by atoms with Gasteiger partial charge in [0.2, 0.25) is 0 Å². The van der Waals surface area contributed by atoms with Gasteiger partial charge in [-0.15, -0.1) is 0 Å². The SMILES string of the molecule is CN(c1nc2ccccc2s1)C(C)(C)C(=O)O. The maximum atomic E-state index is 11.2. The predicted molar refractivity (Wildman–Crippen MR) is 69.7 cm³/mol. The van der Waals surface area contributed by atoms with Gasteiger partial charge in [0, 0.05) is 7.05 Å². The average molecular weight is 250 g/mol. The van der Waals surface area contributed by atoms with Gasteiger partial charge in [-0.2, -0.15) is 0 Å². The van der Waals surface area contributed by atoms with E-state index >= 15 is 0 Å². The van der Waals surface area contributed by atoms with Crippen LogP contribution in [-0.2, 0) is 4.79 Å². The molecule has 0 spiro atoms. The van der Waals surface area contributed by atoms with Crippen molar-refractivity contribution in [3.8, 4) is 0 Å². The van der Waals surface area contributed by atoms with Crippen LogP contribution in [0.2, 0.25) is 0 Å². The van der Waals surface area contributed by atoms with E-state index in [0.717, 1.165) is 15.3 Å². The summed E-state index contributed by atoms with van der Waals surface area (Å²) in [7, 11) is 1.76. The number of carboxylic acid groups (broad SMARTS) is 1. The fourth-order valence-electron chi connectivity index (χ4n) is 1.39. The van der Waals surface area contributed by atoms with Crippen molar-refractivity contribution in [1.29, 1.82) is 0 Å². The van der Waals surface area contributed by atoms with Gasteiger partial charge < -0.3 is 10.0 Å². The Balaban J connectivity index is 2.43. The Morgan fingerprint density at radius 1 is 1.41 bits per heavy atom. The minimum Gasteiger partial charge on any atom is -0.480 e. The highest BCUT2D eigenvalue weighted by Crippen LogP contribution is 2.31. The molecule has 0 radical (unpaired) electrons. The maximum Gasteiger partial charge on any atom is 0.329 e. The maximum absolute atomic E-state index is 11.2. The van der Waals surface area contributed by atoms with Crippen LogP contribution in [0.3, 0.4) is 0 Å². The number of carboxylic acids is 1. The van der Waals surface area contributed by atoms with Crippen LogP contribution >= 0.6 is 11.3 Å². The molecule has 0 aliphatic carbocycles. The van der Waals surface area contributed by atoms with Crippen molar-refractivity contribution in [3.63, 3.8) is 0 Å². The number of aliphatic carboxylic acids is 1. The molecule has 0 atom stereocenters. The molecule has 90 valence electrons. The Labute approximate surface area is 104 Å². The summed E-state index contributed by atoms with van der Waals surface area (Å²) in [5.41, 5.74) is -0.0611. The molecular weight excluding hydrogens is 236 g/mol. The van der Waals surface area contributed by atoms with Gasteiger partial charge in [-0.3, -0.25) is 0 Å². The molecule has 0 aliphatic rings. The third kappa shape index (κ3) is 1.98. The summed E-state index contributed by atoms with van der Waals surface area (Å²) in [6.45, 7) is 3.34. The summed E-state index contributed by atoms with van der Waals surface area (Å²) in [5.74, 6) is -0.862. The largest absolute Gasteiger partial charge is 0.480 e. The number of thiazole rings is 1. The summed E-state index contributed by atoms with van der Waals surface area (Å²) in [6, 6.07) is 7.79. The Bertz CT molecular complexity index is 529. The number of fused-ring (bicyclic) bond motifs is 1. The Kier molecular flexibility index (Phi) is 2.79. The minimum absolute atomic E-state index is 0.721. The number of carbonyl (C=O) groups is 1. The third-order valence-corrected chi connectivity index (χ3v) is 4.04. The van der Waals surface area contributed by atoms with Crippen molar-refractivity contribution in [2.75, 3.05) is 11.9 Å². The number of para-hydroxylation sites is 1. The zero-order valence-electron chi connectivity index (χ0n) is 9.97. The summed E-state index contributed by atoms with van der Waals surface area (Å²) >= 11 is 1.50. The second-order valence-corrected chi connectivity index (χ2v) is 5.40. The Morgan fingerprint density at radius 3 is 2.65 bits per heavy atom. The number of hydrogen-bond donors (Lipinski definition) is 1. The summed E-state index contributed by atoms with van der Waals surface area (Å²) < 4.78 is 1.07. The monoisotopic (exact) mass is 250 g/mol. The fraction of sp³-hybridized carbons (Fsp3) is 0.333. The first-order valence-electron chi connectivity index (χ1n) is 5.25.